The molecule has 6 heteroatoms. The van der Waals surface area contributed by atoms with Crippen LogP contribution in [-0.4, -0.2) is 44.1 Å². The van der Waals surface area contributed by atoms with Gasteiger partial charge in [-0.05, 0) is 49.8 Å². The Labute approximate surface area is 162 Å². The first kappa shape index (κ1) is 20.8. The Hall–Kier alpha value is -2.47. The van der Waals surface area contributed by atoms with Crippen molar-refractivity contribution in [1.29, 1.82) is 0 Å². The molecule has 1 heterocycles. The van der Waals surface area contributed by atoms with Gasteiger partial charge in [-0.15, -0.1) is 0 Å². The van der Waals surface area contributed by atoms with Crippen LogP contribution in [0.4, 0.5) is 0 Å². The van der Waals surface area contributed by atoms with E-state index in [1.807, 2.05) is 24.3 Å². The molecule has 1 atom stereocenters. The maximum atomic E-state index is 5.41. The molecule has 1 aromatic carbocycles. The van der Waals surface area contributed by atoms with Crippen molar-refractivity contribution in [3.05, 3.63) is 54.0 Å². The van der Waals surface area contributed by atoms with Crippen molar-refractivity contribution in [2.45, 2.75) is 33.4 Å². The Kier molecular flexibility index (Phi) is 8.71. The number of rotatable bonds is 10. The molecule has 0 radical (unpaired) electrons. The maximum Gasteiger partial charge on any atom is 0.191 e. The third-order valence-corrected chi connectivity index (χ3v) is 4.51. The van der Waals surface area contributed by atoms with Crippen LogP contribution in [0.3, 0.4) is 0 Å². The minimum Gasteiger partial charge on any atom is -0.497 e. The van der Waals surface area contributed by atoms with Crippen molar-refractivity contribution >= 4 is 5.96 Å². The lowest BCUT2D eigenvalue weighted by Crippen LogP contribution is -2.43. The normalized spacial score (nSPS) is 12.9. The second-order valence-corrected chi connectivity index (χ2v) is 6.17. The van der Waals surface area contributed by atoms with Crippen molar-refractivity contribution in [3.63, 3.8) is 0 Å². The third kappa shape index (κ3) is 6.32. The zero-order valence-corrected chi connectivity index (χ0v) is 16.9. The van der Waals surface area contributed by atoms with Crippen LogP contribution >= 0.6 is 0 Å². The standard InChI is InChI=1S/C21H32N4O2/c1-5-22-21(23-15-19-12-9-13-27-19)24-16-20(25(6-2)7-3)17-10-8-11-18(14-17)26-4/h8-14,20H,5-7,15-16H2,1-4H3,(H2,22,23,24). The summed E-state index contributed by atoms with van der Waals surface area (Å²) >= 11 is 0. The number of ether oxygens (including phenoxy) is 1. The largest absolute Gasteiger partial charge is 0.497 e. The quantitative estimate of drug-likeness (QED) is 0.494. The molecule has 2 N–H and O–H groups in total. The fourth-order valence-corrected chi connectivity index (χ4v) is 3.07. The molecule has 2 rings (SSSR count). The number of nitrogens with zero attached hydrogens (tertiary/aromatic N) is 2. The van der Waals surface area contributed by atoms with Gasteiger partial charge in [0.15, 0.2) is 5.96 Å². The van der Waals surface area contributed by atoms with Gasteiger partial charge in [0.2, 0.25) is 0 Å². The van der Waals surface area contributed by atoms with Crippen LogP contribution in [-0.2, 0) is 6.54 Å². The number of likely N-dealkylation sites (N-methyl/N-ethyl adjacent to an activating group) is 1. The number of hydrogen-bond donors (Lipinski definition) is 2. The molecule has 0 aliphatic heterocycles. The Bertz CT molecular complexity index is 681. The van der Waals surface area contributed by atoms with Crippen molar-refractivity contribution in [3.8, 4) is 5.75 Å². The molecule has 0 bridgehead atoms. The second-order valence-electron chi connectivity index (χ2n) is 6.17. The number of nitrogens with one attached hydrogen (secondary N) is 2. The average Bonchev–Trinajstić information content (AvgIpc) is 3.22. The molecule has 27 heavy (non-hydrogen) atoms. The fraction of sp³-hybridized carbons (Fsp3) is 0.476. The number of furan rings is 1. The number of aliphatic imine (C=N–C) groups is 1. The molecule has 148 valence electrons. The lowest BCUT2D eigenvalue weighted by atomic mass is 10.0. The van der Waals surface area contributed by atoms with Crippen LogP contribution in [0.25, 0.3) is 0 Å². The van der Waals surface area contributed by atoms with Gasteiger partial charge in [0.25, 0.3) is 0 Å². The van der Waals surface area contributed by atoms with E-state index >= 15 is 0 Å². The second kappa shape index (κ2) is 11.3. The Morgan fingerprint density at radius 3 is 2.59 bits per heavy atom. The van der Waals surface area contributed by atoms with Gasteiger partial charge in [-0.3, -0.25) is 4.90 Å². The van der Waals surface area contributed by atoms with E-state index in [9.17, 15) is 0 Å². The molecule has 0 saturated heterocycles. The number of methoxy groups -OCH3 is 1. The van der Waals surface area contributed by atoms with Crippen LogP contribution in [0.5, 0.6) is 5.75 Å². The van der Waals surface area contributed by atoms with Crippen LogP contribution in [0.15, 0.2) is 52.1 Å². The molecule has 0 spiro atoms. The third-order valence-electron chi connectivity index (χ3n) is 4.51. The van der Waals surface area contributed by atoms with Crippen LogP contribution < -0.4 is 15.4 Å². The highest BCUT2D eigenvalue weighted by Gasteiger charge is 2.19. The first-order chi connectivity index (χ1) is 13.2. The van der Waals surface area contributed by atoms with Crippen LogP contribution in [0.2, 0.25) is 0 Å². The van der Waals surface area contributed by atoms with E-state index in [0.29, 0.717) is 6.54 Å². The van der Waals surface area contributed by atoms with E-state index in [1.165, 1.54) is 5.56 Å². The topological polar surface area (TPSA) is 62.0 Å². The van der Waals surface area contributed by atoms with Gasteiger partial charge in [-0.2, -0.15) is 0 Å². The molecular formula is C21H32N4O2. The van der Waals surface area contributed by atoms with Gasteiger partial charge in [0, 0.05) is 13.1 Å². The molecule has 0 aliphatic rings. The summed E-state index contributed by atoms with van der Waals surface area (Å²) < 4.78 is 10.8. The summed E-state index contributed by atoms with van der Waals surface area (Å²) in [6.45, 7) is 10.4. The van der Waals surface area contributed by atoms with Gasteiger partial charge >= 0.3 is 0 Å². The summed E-state index contributed by atoms with van der Waals surface area (Å²) in [5.74, 6) is 2.51. The van der Waals surface area contributed by atoms with Gasteiger partial charge in [-0.25, -0.2) is 4.99 Å². The number of guanidine groups is 1. The zero-order valence-electron chi connectivity index (χ0n) is 16.9. The monoisotopic (exact) mass is 372 g/mol. The number of benzene rings is 1. The lowest BCUT2D eigenvalue weighted by molar-refractivity contribution is 0.218. The van der Waals surface area contributed by atoms with E-state index < -0.39 is 0 Å². The molecule has 0 amide bonds. The summed E-state index contributed by atoms with van der Waals surface area (Å²) in [6, 6.07) is 12.3. The molecule has 0 aliphatic carbocycles. The molecule has 6 nitrogen and oxygen atoms in total. The maximum absolute atomic E-state index is 5.41. The first-order valence-electron chi connectivity index (χ1n) is 9.64. The average molecular weight is 373 g/mol. The van der Waals surface area contributed by atoms with E-state index in [1.54, 1.807) is 13.4 Å². The molecular weight excluding hydrogens is 340 g/mol. The summed E-state index contributed by atoms with van der Waals surface area (Å²) in [5.41, 5.74) is 1.23. The minimum atomic E-state index is 0.225. The molecule has 2 aromatic rings. The highest BCUT2D eigenvalue weighted by Crippen LogP contribution is 2.23. The molecule has 1 aromatic heterocycles. The SMILES string of the molecule is CCNC(=NCc1ccco1)NCC(c1cccc(OC)c1)N(CC)CC. The van der Waals surface area contributed by atoms with Crippen molar-refractivity contribution < 1.29 is 9.15 Å². The summed E-state index contributed by atoms with van der Waals surface area (Å²) in [5, 5.41) is 6.79. The molecule has 0 saturated carbocycles. The lowest BCUT2D eigenvalue weighted by Gasteiger charge is -2.31. The smallest absolute Gasteiger partial charge is 0.191 e. The summed E-state index contributed by atoms with van der Waals surface area (Å²) in [4.78, 5) is 7.05. The van der Waals surface area contributed by atoms with E-state index in [0.717, 1.165) is 43.6 Å². The van der Waals surface area contributed by atoms with Crippen molar-refractivity contribution in [2.75, 3.05) is 33.3 Å². The zero-order chi connectivity index (χ0) is 19.5. The summed E-state index contributed by atoms with van der Waals surface area (Å²) in [6.07, 6.45) is 1.67. The van der Waals surface area contributed by atoms with E-state index in [4.69, 9.17) is 9.15 Å². The van der Waals surface area contributed by atoms with Gasteiger partial charge in [-0.1, -0.05) is 26.0 Å². The highest BCUT2D eigenvalue weighted by molar-refractivity contribution is 5.79. The Morgan fingerprint density at radius 2 is 1.96 bits per heavy atom. The molecule has 1 unspecified atom stereocenters. The predicted octanol–water partition coefficient (Wildman–Crippen LogP) is 3.43. The van der Waals surface area contributed by atoms with Crippen LogP contribution in [0, 0.1) is 0 Å². The van der Waals surface area contributed by atoms with Crippen molar-refractivity contribution in [1.82, 2.24) is 15.5 Å². The molecule has 0 fully saturated rings. The Morgan fingerprint density at radius 1 is 1.15 bits per heavy atom. The Balaban J connectivity index is 2.13. The summed E-state index contributed by atoms with van der Waals surface area (Å²) in [7, 11) is 1.70. The minimum absolute atomic E-state index is 0.225. The van der Waals surface area contributed by atoms with Crippen LogP contribution in [0.1, 0.15) is 38.1 Å². The van der Waals surface area contributed by atoms with E-state index in [2.05, 4.69) is 53.4 Å². The number of hydrogen-bond acceptors (Lipinski definition) is 4. The van der Waals surface area contributed by atoms with Gasteiger partial charge < -0.3 is 19.8 Å². The van der Waals surface area contributed by atoms with Gasteiger partial charge in [0.1, 0.15) is 18.1 Å². The highest BCUT2D eigenvalue weighted by atomic mass is 16.5. The first-order valence-corrected chi connectivity index (χ1v) is 9.64. The van der Waals surface area contributed by atoms with Gasteiger partial charge in [0.05, 0.1) is 19.4 Å². The van der Waals surface area contributed by atoms with Crippen molar-refractivity contribution in [2.24, 2.45) is 4.99 Å². The predicted molar refractivity (Wildman–Crippen MR) is 110 cm³/mol. The fourth-order valence-electron chi connectivity index (χ4n) is 3.07. The van der Waals surface area contributed by atoms with E-state index in [-0.39, 0.29) is 6.04 Å².